The van der Waals surface area contributed by atoms with Crippen molar-refractivity contribution in [3.63, 3.8) is 0 Å². The largest absolute Gasteiger partial charge is 0.444 e. The van der Waals surface area contributed by atoms with Crippen molar-refractivity contribution in [3.05, 3.63) is 17.3 Å². The van der Waals surface area contributed by atoms with Crippen LogP contribution in [0.25, 0.3) is 0 Å². The lowest BCUT2D eigenvalue weighted by molar-refractivity contribution is 0.150. The first kappa shape index (κ1) is 18.7. The topological polar surface area (TPSA) is 55.3 Å². The van der Waals surface area contributed by atoms with E-state index in [9.17, 15) is 0 Å². The molecule has 1 aromatic rings. The molecule has 4 nitrogen and oxygen atoms in total. The predicted molar refractivity (Wildman–Crippen MR) is 82.1 cm³/mol. The van der Waals surface area contributed by atoms with E-state index in [2.05, 4.69) is 9.88 Å². The number of rotatable bonds is 4. The highest BCUT2D eigenvalue weighted by Gasteiger charge is 2.20. The number of nitrogens with zero attached hydrogens (tertiary/aromatic N) is 2. The minimum atomic E-state index is 0. The molecule has 0 amide bonds. The van der Waals surface area contributed by atoms with Crippen LogP contribution in [-0.4, -0.2) is 29.5 Å². The van der Waals surface area contributed by atoms with Gasteiger partial charge in [-0.25, -0.2) is 4.98 Å². The van der Waals surface area contributed by atoms with Crippen molar-refractivity contribution in [2.45, 2.75) is 39.7 Å². The Labute approximate surface area is 127 Å². The second-order valence-electron chi connectivity index (χ2n) is 5.07. The maximum Gasteiger partial charge on any atom is 0.208 e. The number of oxazole rings is 1. The smallest absolute Gasteiger partial charge is 0.208 e. The summed E-state index contributed by atoms with van der Waals surface area (Å²) in [5, 5.41) is 0. The number of hydrogen-bond acceptors (Lipinski definition) is 4. The summed E-state index contributed by atoms with van der Waals surface area (Å²) in [6.07, 6.45) is 3.72. The van der Waals surface area contributed by atoms with Gasteiger partial charge in [0, 0.05) is 6.54 Å². The summed E-state index contributed by atoms with van der Waals surface area (Å²) in [6.45, 7) is 7.90. The Kier molecular flexibility index (Phi) is 8.66. The summed E-state index contributed by atoms with van der Waals surface area (Å²) in [5.41, 5.74) is 6.64. The van der Waals surface area contributed by atoms with Crippen molar-refractivity contribution in [2.24, 2.45) is 11.7 Å². The number of aromatic nitrogens is 1. The Morgan fingerprint density at radius 3 is 2.68 bits per heavy atom. The van der Waals surface area contributed by atoms with Crippen molar-refractivity contribution in [1.82, 2.24) is 9.88 Å². The zero-order chi connectivity index (χ0) is 12.3. The lowest BCUT2D eigenvalue weighted by atomic mass is 9.95. The zero-order valence-electron chi connectivity index (χ0n) is 11.7. The van der Waals surface area contributed by atoms with Crippen LogP contribution in [0.3, 0.4) is 0 Å². The van der Waals surface area contributed by atoms with Gasteiger partial charge in [0.2, 0.25) is 5.89 Å². The first-order chi connectivity index (χ1) is 8.19. The molecule has 19 heavy (non-hydrogen) atoms. The molecule has 112 valence electrons. The van der Waals surface area contributed by atoms with Crippen LogP contribution in [0.2, 0.25) is 0 Å². The first-order valence-corrected chi connectivity index (χ1v) is 6.54. The zero-order valence-corrected chi connectivity index (χ0v) is 13.4. The quantitative estimate of drug-likeness (QED) is 0.929. The molecule has 0 bridgehead atoms. The van der Waals surface area contributed by atoms with E-state index in [0.717, 1.165) is 55.9 Å². The molecule has 1 saturated heterocycles. The van der Waals surface area contributed by atoms with Crippen LogP contribution in [0.4, 0.5) is 0 Å². The normalized spacial score (nSPS) is 19.6. The molecule has 1 aliphatic heterocycles. The highest BCUT2D eigenvalue weighted by molar-refractivity contribution is 5.85. The molecular formula is C13H25Cl2N3O. The molecule has 0 radical (unpaired) electrons. The van der Waals surface area contributed by atoms with Crippen molar-refractivity contribution >= 4 is 24.8 Å². The predicted octanol–water partition coefficient (Wildman–Crippen LogP) is 2.70. The Morgan fingerprint density at radius 2 is 2.11 bits per heavy atom. The molecule has 1 aliphatic rings. The third-order valence-electron chi connectivity index (χ3n) is 3.61. The van der Waals surface area contributed by atoms with E-state index < -0.39 is 0 Å². The average Bonchev–Trinajstić information content (AvgIpc) is 2.59. The molecule has 6 heteroatoms. The first-order valence-electron chi connectivity index (χ1n) is 6.54. The Hall–Kier alpha value is -0.290. The van der Waals surface area contributed by atoms with Crippen LogP contribution in [-0.2, 0) is 6.54 Å². The van der Waals surface area contributed by atoms with Gasteiger partial charge >= 0.3 is 0 Å². The van der Waals surface area contributed by atoms with E-state index in [4.69, 9.17) is 10.2 Å². The van der Waals surface area contributed by atoms with E-state index in [0.29, 0.717) is 0 Å². The number of likely N-dealkylation sites (tertiary alicyclic amines) is 1. The van der Waals surface area contributed by atoms with Gasteiger partial charge in [-0.3, -0.25) is 4.90 Å². The van der Waals surface area contributed by atoms with Crippen LogP contribution in [0.5, 0.6) is 0 Å². The van der Waals surface area contributed by atoms with Crippen molar-refractivity contribution in [3.8, 4) is 0 Å². The molecule has 2 N–H and O–H groups in total. The van der Waals surface area contributed by atoms with Crippen molar-refractivity contribution in [2.75, 3.05) is 19.6 Å². The molecule has 0 aromatic carbocycles. The van der Waals surface area contributed by atoms with E-state index >= 15 is 0 Å². The number of hydrogen-bond donors (Lipinski definition) is 1. The Balaban J connectivity index is 0.00000162. The van der Waals surface area contributed by atoms with Crippen LogP contribution < -0.4 is 5.73 Å². The highest BCUT2D eigenvalue weighted by atomic mass is 35.5. The molecule has 2 rings (SSSR count). The van der Waals surface area contributed by atoms with Gasteiger partial charge < -0.3 is 10.2 Å². The molecule has 0 spiro atoms. The van der Waals surface area contributed by atoms with Crippen LogP contribution in [0.1, 0.15) is 36.6 Å². The van der Waals surface area contributed by atoms with Gasteiger partial charge in [-0.2, -0.15) is 0 Å². The average molecular weight is 310 g/mol. The number of halogens is 2. The second-order valence-corrected chi connectivity index (χ2v) is 5.07. The summed E-state index contributed by atoms with van der Waals surface area (Å²) in [5.74, 6) is 2.55. The van der Waals surface area contributed by atoms with Crippen LogP contribution in [0, 0.1) is 19.8 Å². The minimum Gasteiger partial charge on any atom is -0.444 e. The molecule has 0 aliphatic carbocycles. The van der Waals surface area contributed by atoms with Gasteiger partial charge in [-0.05, 0) is 52.1 Å². The fourth-order valence-corrected chi connectivity index (χ4v) is 2.56. The van der Waals surface area contributed by atoms with Crippen LogP contribution in [0.15, 0.2) is 4.42 Å². The molecule has 2 heterocycles. The van der Waals surface area contributed by atoms with Gasteiger partial charge in [0.05, 0.1) is 12.2 Å². The lowest BCUT2D eigenvalue weighted by Crippen LogP contribution is -2.35. The number of piperidine rings is 1. The van der Waals surface area contributed by atoms with Gasteiger partial charge in [0.15, 0.2) is 0 Å². The van der Waals surface area contributed by atoms with Gasteiger partial charge in [0.1, 0.15) is 5.76 Å². The number of nitrogens with two attached hydrogens (primary N) is 1. The molecular weight excluding hydrogens is 285 g/mol. The maximum atomic E-state index is 5.63. The molecule has 1 unspecified atom stereocenters. The monoisotopic (exact) mass is 309 g/mol. The minimum absolute atomic E-state index is 0. The molecule has 1 atom stereocenters. The van der Waals surface area contributed by atoms with E-state index in [1.54, 1.807) is 0 Å². The summed E-state index contributed by atoms with van der Waals surface area (Å²) < 4.78 is 5.63. The highest BCUT2D eigenvalue weighted by Crippen LogP contribution is 2.21. The fourth-order valence-electron chi connectivity index (χ4n) is 2.56. The Morgan fingerprint density at radius 1 is 1.37 bits per heavy atom. The summed E-state index contributed by atoms with van der Waals surface area (Å²) >= 11 is 0. The standard InChI is InChI=1S/C13H23N3O.2ClH/c1-10-11(2)17-13(15-10)9-16-7-3-4-12(8-16)5-6-14;;/h12H,3-9,14H2,1-2H3;2*1H. The molecule has 0 saturated carbocycles. The fraction of sp³-hybridized carbons (Fsp3) is 0.769. The lowest BCUT2D eigenvalue weighted by Gasteiger charge is -2.31. The van der Waals surface area contributed by atoms with Crippen molar-refractivity contribution in [1.29, 1.82) is 0 Å². The van der Waals surface area contributed by atoms with Gasteiger partial charge in [-0.15, -0.1) is 24.8 Å². The SMILES string of the molecule is Cc1nc(CN2CCCC(CCN)C2)oc1C.Cl.Cl. The van der Waals surface area contributed by atoms with Gasteiger partial charge in [-0.1, -0.05) is 0 Å². The van der Waals surface area contributed by atoms with E-state index in [-0.39, 0.29) is 24.8 Å². The number of aryl methyl sites for hydroxylation is 2. The maximum absolute atomic E-state index is 5.63. The van der Waals surface area contributed by atoms with E-state index in [1.165, 1.54) is 12.8 Å². The van der Waals surface area contributed by atoms with Gasteiger partial charge in [0.25, 0.3) is 0 Å². The molecule has 1 fully saturated rings. The Bertz CT molecular complexity index is 349. The third-order valence-corrected chi connectivity index (χ3v) is 3.61. The summed E-state index contributed by atoms with van der Waals surface area (Å²) in [7, 11) is 0. The summed E-state index contributed by atoms with van der Waals surface area (Å²) in [6, 6.07) is 0. The summed E-state index contributed by atoms with van der Waals surface area (Å²) in [4.78, 5) is 6.88. The van der Waals surface area contributed by atoms with E-state index in [1.807, 2.05) is 13.8 Å². The molecule has 1 aromatic heterocycles. The second kappa shape index (κ2) is 8.80. The third kappa shape index (κ3) is 5.30. The van der Waals surface area contributed by atoms with Crippen molar-refractivity contribution < 1.29 is 4.42 Å². The van der Waals surface area contributed by atoms with Crippen LogP contribution >= 0.6 is 24.8 Å².